The highest BCUT2D eigenvalue weighted by Crippen LogP contribution is 2.06. The third-order valence-electron chi connectivity index (χ3n) is 2.98. The minimum absolute atomic E-state index is 0.267. The van der Waals surface area contributed by atoms with Crippen LogP contribution in [-0.4, -0.2) is 59.9 Å². The largest absolute Gasteiger partial charge is 0.338 e. The molecule has 1 rings (SSSR count). The molecule has 0 spiro atoms. The van der Waals surface area contributed by atoms with Crippen molar-refractivity contribution in [3.63, 3.8) is 0 Å². The van der Waals surface area contributed by atoms with E-state index in [9.17, 15) is 13.2 Å². The molecule has 0 aliphatic heterocycles. The maximum absolute atomic E-state index is 11.7. The van der Waals surface area contributed by atoms with Gasteiger partial charge in [0, 0.05) is 27.2 Å². The standard InChI is InChI=1S/C11H22N6O3S/c1-9(10-15-13-8-16(10)2)14-11(18)12-6-5-7-17(3)21(4,19)20/h8-9H,5-7H2,1-4H3,(H2,12,14,18). The van der Waals surface area contributed by atoms with E-state index in [2.05, 4.69) is 20.8 Å². The zero-order valence-corrected chi connectivity index (χ0v) is 13.5. The smallest absolute Gasteiger partial charge is 0.315 e. The summed E-state index contributed by atoms with van der Waals surface area (Å²) in [5.41, 5.74) is 0. The molecule has 1 heterocycles. The van der Waals surface area contributed by atoms with Gasteiger partial charge >= 0.3 is 6.03 Å². The van der Waals surface area contributed by atoms with E-state index in [1.54, 1.807) is 24.9 Å². The van der Waals surface area contributed by atoms with Crippen molar-refractivity contribution in [1.82, 2.24) is 29.7 Å². The average molecular weight is 318 g/mol. The Hall–Kier alpha value is -1.68. The number of hydrogen-bond donors (Lipinski definition) is 2. The van der Waals surface area contributed by atoms with E-state index < -0.39 is 10.0 Å². The van der Waals surface area contributed by atoms with Gasteiger partial charge in [-0.2, -0.15) is 0 Å². The molecule has 1 unspecified atom stereocenters. The fraction of sp³-hybridized carbons (Fsp3) is 0.727. The van der Waals surface area contributed by atoms with Crippen LogP contribution in [0.3, 0.4) is 0 Å². The molecule has 0 aromatic carbocycles. The van der Waals surface area contributed by atoms with Crippen LogP contribution in [0.1, 0.15) is 25.2 Å². The summed E-state index contributed by atoms with van der Waals surface area (Å²) in [6.45, 7) is 2.55. The van der Waals surface area contributed by atoms with Crippen molar-refractivity contribution in [2.24, 2.45) is 7.05 Å². The van der Waals surface area contributed by atoms with Gasteiger partial charge in [0.1, 0.15) is 6.33 Å². The first kappa shape index (κ1) is 17.4. The number of aromatic nitrogens is 3. The second kappa shape index (κ2) is 7.36. The van der Waals surface area contributed by atoms with Gasteiger partial charge in [-0.05, 0) is 13.3 Å². The van der Waals surface area contributed by atoms with E-state index >= 15 is 0 Å². The molecule has 2 amide bonds. The van der Waals surface area contributed by atoms with Gasteiger partial charge in [0.2, 0.25) is 10.0 Å². The van der Waals surface area contributed by atoms with Crippen molar-refractivity contribution in [2.75, 3.05) is 26.4 Å². The van der Waals surface area contributed by atoms with Crippen LogP contribution in [0.5, 0.6) is 0 Å². The van der Waals surface area contributed by atoms with Gasteiger partial charge in [0.15, 0.2) is 5.82 Å². The van der Waals surface area contributed by atoms with Crippen LogP contribution in [0, 0.1) is 0 Å². The molecule has 0 aliphatic rings. The van der Waals surface area contributed by atoms with E-state index in [1.807, 2.05) is 0 Å². The Bertz CT molecular complexity index is 570. The number of amides is 2. The summed E-state index contributed by atoms with van der Waals surface area (Å²) >= 11 is 0. The molecule has 1 atom stereocenters. The van der Waals surface area contributed by atoms with E-state index in [-0.39, 0.29) is 12.1 Å². The second-order valence-corrected chi connectivity index (χ2v) is 6.95. The van der Waals surface area contributed by atoms with Crippen molar-refractivity contribution in [1.29, 1.82) is 0 Å². The molecule has 2 N–H and O–H groups in total. The number of hydrogen-bond acceptors (Lipinski definition) is 5. The Labute approximate surface area is 124 Å². The topological polar surface area (TPSA) is 109 Å². The molecule has 1 aromatic heterocycles. The first-order valence-electron chi connectivity index (χ1n) is 6.51. The van der Waals surface area contributed by atoms with Gasteiger partial charge in [-0.15, -0.1) is 10.2 Å². The van der Waals surface area contributed by atoms with Crippen molar-refractivity contribution < 1.29 is 13.2 Å². The summed E-state index contributed by atoms with van der Waals surface area (Å²) in [4.78, 5) is 11.7. The van der Waals surface area contributed by atoms with Crippen molar-refractivity contribution >= 4 is 16.1 Å². The number of nitrogens with one attached hydrogen (secondary N) is 2. The van der Waals surface area contributed by atoms with Crippen LogP contribution in [0.4, 0.5) is 4.79 Å². The van der Waals surface area contributed by atoms with E-state index in [0.29, 0.717) is 25.3 Å². The summed E-state index contributed by atoms with van der Waals surface area (Å²) < 4.78 is 25.3. The number of urea groups is 1. The van der Waals surface area contributed by atoms with Crippen LogP contribution in [0.15, 0.2) is 6.33 Å². The highest BCUT2D eigenvalue weighted by Gasteiger charge is 2.14. The summed E-state index contributed by atoms with van der Waals surface area (Å²) in [6, 6.07) is -0.594. The predicted molar refractivity (Wildman–Crippen MR) is 78.0 cm³/mol. The molecule has 120 valence electrons. The summed E-state index contributed by atoms with van der Waals surface area (Å²) in [5.74, 6) is 0.655. The van der Waals surface area contributed by atoms with E-state index in [4.69, 9.17) is 0 Å². The highest BCUT2D eigenvalue weighted by atomic mass is 32.2. The Morgan fingerprint density at radius 2 is 2.19 bits per heavy atom. The van der Waals surface area contributed by atoms with Crippen LogP contribution < -0.4 is 10.6 Å². The van der Waals surface area contributed by atoms with Crippen LogP contribution >= 0.6 is 0 Å². The fourth-order valence-corrected chi connectivity index (χ4v) is 2.13. The maximum atomic E-state index is 11.7. The van der Waals surface area contributed by atoms with E-state index in [1.165, 1.54) is 11.4 Å². The molecule has 0 saturated heterocycles. The lowest BCUT2D eigenvalue weighted by Crippen LogP contribution is -2.39. The van der Waals surface area contributed by atoms with Crippen LogP contribution in [0.25, 0.3) is 0 Å². The summed E-state index contributed by atoms with van der Waals surface area (Å²) in [6.07, 6.45) is 3.25. The minimum Gasteiger partial charge on any atom is -0.338 e. The molecular formula is C11H22N6O3S. The van der Waals surface area contributed by atoms with E-state index in [0.717, 1.165) is 6.26 Å². The van der Waals surface area contributed by atoms with Gasteiger partial charge in [0.25, 0.3) is 0 Å². The fourth-order valence-electron chi connectivity index (χ4n) is 1.67. The molecule has 0 fully saturated rings. The first-order valence-corrected chi connectivity index (χ1v) is 8.36. The monoisotopic (exact) mass is 318 g/mol. The van der Waals surface area contributed by atoms with Crippen molar-refractivity contribution in [2.45, 2.75) is 19.4 Å². The molecule has 10 heteroatoms. The predicted octanol–water partition coefficient (Wildman–Crippen LogP) is -0.543. The molecule has 1 aromatic rings. The second-order valence-electron chi connectivity index (χ2n) is 4.86. The third kappa shape index (κ3) is 5.68. The number of rotatable bonds is 7. The Kier molecular flexibility index (Phi) is 6.09. The van der Waals surface area contributed by atoms with Gasteiger partial charge in [-0.25, -0.2) is 17.5 Å². The first-order chi connectivity index (χ1) is 9.71. The third-order valence-corrected chi connectivity index (χ3v) is 4.30. The van der Waals surface area contributed by atoms with Gasteiger partial charge in [0.05, 0.1) is 12.3 Å². The van der Waals surface area contributed by atoms with Gasteiger partial charge in [-0.3, -0.25) is 0 Å². The Morgan fingerprint density at radius 1 is 1.52 bits per heavy atom. The molecule has 21 heavy (non-hydrogen) atoms. The van der Waals surface area contributed by atoms with Crippen molar-refractivity contribution in [3.8, 4) is 0 Å². The zero-order valence-electron chi connectivity index (χ0n) is 12.7. The number of carbonyl (C=O) groups is 1. The lowest BCUT2D eigenvalue weighted by atomic mass is 10.3. The number of aryl methyl sites for hydroxylation is 1. The SMILES string of the molecule is CC(NC(=O)NCCCN(C)S(C)(=O)=O)c1nncn1C. The lowest BCUT2D eigenvalue weighted by molar-refractivity contribution is 0.237. The zero-order chi connectivity index (χ0) is 16.0. The van der Waals surface area contributed by atoms with Gasteiger partial charge in [-0.1, -0.05) is 0 Å². The Balaban J connectivity index is 2.28. The quantitative estimate of drug-likeness (QED) is 0.656. The minimum atomic E-state index is -3.17. The number of sulfonamides is 1. The van der Waals surface area contributed by atoms with Crippen LogP contribution in [-0.2, 0) is 17.1 Å². The van der Waals surface area contributed by atoms with Crippen LogP contribution in [0.2, 0.25) is 0 Å². The molecule has 9 nitrogen and oxygen atoms in total. The summed E-state index contributed by atoms with van der Waals surface area (Å²) in [5, 5.41) is 13.1. The van der Waals surface area contributed by atoms with Gasteiger partial charge < -0.3 is 15.2 Å². The maximum Gasteiger partial charge on any atom is 0.315 e. The number of carbonyl (C=O) groups excluding carboxylic acids is 1. The summed E-state index contributed by atoms with van der Waals surface area (Å²) in [7, 11) is 0.134. The lowest BCUT2D eigenvalue weighted by Gasteiger charge is -2.15. The highest BCUT2D eigenvalue weighted by molar-refractivity contribution is 7.88. The molecule has 0 bridgehead atoms. The number of nitrogens with zero attached hydrogens (tertiary/aromatic N) is 4. The normalized spacial score (nSPS) is 13.2. The van der Waals surface area contributed by atoms with Crippen molar-refractivity contribution in [3.05, 3.63) is 12.2 Å². The molecule has 0 saturated carbocycles. The molecule has 0 radical (unpaired) electrons. The molecular weight excluding hydrogens is 296 g/mol. The molecule has 0 aliphatic carbocycles. The Morgan fingerprint density at radius 3 is 2.71 bits per heavy atom. The average Bonchev–Trinajstić information content (AvgIpc) is 2.79.